The van der Waals surface area contributed by atoms with Crippen molar-refractivity contribution in [1.82, 2.24) is 0 Å². The van der Waals surface area contributed by atoms with Gasteiger partial charge in [0.15, 0.2) is 0 Å². The summed E-state index contributed by atoms with van der Waals surface area (Å²) >= 11 is 0. The van der Waals surface area contributed by atoms with E-state index in [4.69, 9.17) is 4.74 Å². The highest BCUT2D eigenvalue weighted by atomic mass is 16.5. The minimum Gasteiger partial charge on any atom is -0.458 e. The molecular formula is C16H22O2. The molecule has 18 heavy (non-hydrogen) atoms. The van der Waals surface area contributed by atoms with Gasteiger partial charge in [-0.1, -0.05) is 57.5 Å². The fraction of sp³-hybridized carbons (Fsp3) is 0.438. The van der Waals surface area contributed by atoms with Crippen molar-refractivity contribution in [1.29, 1.82) is 0 Å². The molecule has 0 aliphatic heterocycles. The van der Waals surface area contributed by atoms with Gasteiger partial charge >= 0.3 is 5.97 Å². The van der Waals surface area contributed by atoms with Crippen LogP contribution in [0.15, 0.2) is 36.9 Å². The Morgan fingerprint density at radius 3 is 2.61 bits per heavy atom. The van der Waals surface area contributed by atoms with Crippen LogP contribution in [0.2, 0.25) is 0 Å². The van der Waals surface area contributed by atoms with Gasteiger partial charge in [0.25, 0.3) is 0 Å². The molecule has 1 aromatic rings. The topological polar surface area (TPSA) is 26.3 Å². The molecule has 0 saturated carbocycles. The van der Waals surface area contributed by atoms with E-state index in [0.717, 1.165) is 5.56 Å². The average molecular weight is 246 g/mol. The van der Waals surface area contributed by atoms with Crippen molar-refractivity contribution >= 4 is 5.97 Å². The second-order valence-corrected chi connectivity index (χ2v) is 4.60. The number of hydrogen-bond acceptors (Lipinski definition) is 2. The third kappa shape index (κ3) is 4.74. The van der Waals surface area contributed by atoms with Crippen molar-refractivity contribution in [3.63, 3.8) is 0 Å². The molecule has 98 valence electrons. The summed E-state index contributed by atoms with van der Waals surface area (Å²) in [7, 11) is 0. The van der Waals surface area contributed by atoms with Gasteiger partial charge in [-0.15, -0.1) is 0 Å². The lowest BCUT2D eigenvalue weighted by Crippen LogP contribution is -2.00. The number of hydrogen-bond donors (Lipinski definition) is 0. The zero-order valence-electron chi connectivity index (χ0n) is 11.3. The van der Waals surface area contributed by atoms with E-state index in [1.807, 2.05) is 12.1 Å². The summed E-state index contributed by atoms with van der Waals surface area (Å²) in [6.45, 7) is 8.14. The van der Waals surface area contributed by atoms with Crippen LogP contribution in [0, 0.1) is 0 Å². The molecule has 0 amide bonds. The van der Waals surface area contributed by atoms with E-state index in [1.54, 1.807) is 0 Å². The Hall–Kier alpha value is -1.57. The molecular weight excluding hydrogens is 224 g/mol. The minimum atomic E-state index is -0.379. The second-order valence-electron chi connectivity index (χ2n) is 4.60. The Morgan fingerprint density at radius 2 is 2.06 bits per heavy atom. The lowest BCUT2D eigenvalue weighted by atomic mass is 9.95. The first-order valence-corrected chi connectivity index (χ1v) is 6.55. The van der Waals surface area contributed by atoms with Crippen LogP contribution in [0.3, 0.4) is 0 Å². The van der Waals surface area contributed by atoms with Crippen molar-refractivity contribution in [2.24, 2.45) is 0 Å². The zero-order chi connectivity index (χ0) is 13.4. The number of carbonyl (C=O) groups excluding carboxylic acids is 1. The van der Waals surface area contributed by atoms with E-state index in [0.29, 0.717) is 12.5 Å². The summed E-state index contributed by atoms with van der Waals surface area (Å²) in [6, 6.07) is 8.29. The Labute approximate surface area is 110 Å². The largest absolute Gasteiger partial charge is 0.458 e. The molecule has 0 fully saturated rings. The lowest BCUT2D eigenvalue weighted by molar-refractivity contribution is -0.138. The van der Waals surface area contributed by atoms with Gasteiger partial charge in [0.05, 0.1) is 0 Å². The summed E-state index contributed by atoms with van der Waals surface area (Å²) in [5.74, 6) is 0.213. The fourth-order valence-corrected chi connectivity index (χ4v) is 1.83. The van der Waals surface area contributed by atoms with Crippen molar-refractivity contribution in [3.8, 4) is 0 Å². The van der Waals surface area contributed by atoms with Gasteiger partial charge in [-0.2, -0.15) is 0 Å². The van der Waals surface area contributed by atoms with Gasteiger partial charge in [-0.05, 0) is 23.5 Å². The van der Waals surface area contributed by atoms with Gasteiger partial charge in [0.2, 0.25) is 0 Å². The quantitative estimate of drug-likeness (QED) is 0.532. The molecule has 1 atom stereocenters. The van der Waals surface area contributed by atoms with Crippen molar-refractivity contribution in [2.45, 2.75) is 45.6 Å². The van der Waals surface area contributed by atoms with Crippen LogP contribution in [-0.4, -0.2) is 5.97 Å². The van der Waals surface area contributed by atoms with Gasteiger partial charge in [-0.25, -0.2) is 4.79 Å². The minimum absolute atomic E-state index is 0.314. The molecule has 2 nitrogen and oxygen atoms in total. The first-order valence-electron chi connectivity index (χ1n) is 6.55. The Kier molecular flexibility index (Phi) is 6.20. The van der Waals surface area contributed by atoms with Crippen LogP contribution in [0.25, 0.3) is 0 Å². The molecule has 1 unspecified atom stereocenters. The van der Waals surface area contributed by atoms with Crippen LogP contribution in [-0.2, 0) is 16.1 Å². The zero-order valence-corrected chi connectivity index (χ0v) is 11.3. The Balaban J connectivity index is 2.51. The van der Waals surface area contributed by atoms with Crippen LogP contribution in [0.5, 0.6) is 0 Å². The number of ether oxygens (including phenoxy) is 1. The Bertz CT molecular complexity index is 379. The first-order chi connectivity index (χ1) is 8.67. The SMILES string of the molecule is C=CC(=O)OCc1ccc(C(C)CCCC)cc1. The standard InChI is InChI=1S/C16H22O2/c1-4-6-7-13(3)15-10-8-14(9-11-15)12-18-16(17)5-2/h5,8-11,13H,2,4,6-7,12H2,1,3H3. The summed E-state index contributed by atoms with van der Waals surface area (Å²) < 4.78 is 4.99. The van der Waals surface area contributed by atoms with E-state index in [9.17, 15) is 4.79 Å². The number of esters is 1. The van der Waals surface area contributed by atoms with Crippen LogP contribution >= 0.6 is 0 Å². The van der Waals surface area contributed by atoms with Crippen LogP contribution in [0.4, 0.5) is 0 Å². The molecule has 1 rings (SSSR count). The van der Waals surface area contributed by atoms with Crippen molar-refractivity contribution in [2.75, 3.05) is 0 Å². The third-order valence-corrected chi connectivity index (χ3v) is 3.09. The highest BCUT2D eigenvalue weighted by molar-refractivity contribution is 5.81. The van der Waals surface area contributed by atoms with Crippen LogP contribution in [0.1, 0.15) is 50.2 Å². The number of benzene rings is 1. The van der Waals surface area contributed by atoms with Gasteiger partial charge in [-0.3, -0.25) is 0 Å². The molecule has 0 aliphatic rings. The molecule has 1 aromatic carbocycles. The average Bonchev–Trinajstić information content (AvgIpc) is 2.42. The highest BCUT2D eigenvalue weighted by Crippen LogP contribution is 2.21. The number of carbonyl (C=O) groups is 1. The second kappa shape index (κ2) is 7.70. The summed E-state index contributed by atoms with van der Waals surface area (Å²) in [4.78, 5) is 10.9. The molecule has 0 aromatic heterocycles. The summed E-state index contributed by atoms with van der Waals surface area (Å²) in [5, 5.41) is 0. The maximum absolute atomic E-state index is 10.9. The molecule has 0 radical (unpaired) electrons. The smallest absolute Gasteiger partial charge is 0.330 e. The van der Waals surface area contributed by atoms with E-state index in [1.165, 1.54) is 30.9 Å². The van der Waals surface area contributed by atoms with Gasteiger partial charge < -0.3 is 4.74 Å². The lowest BCUT2D eigenvalue weighted by Gasteiger charge is -2.11. The molecule has 0 bridgehead atoms. The predicted octanol–water partition coefficient (Wildman–Crippen LogP) is 4.21. The molecule has 0 saturated heterocycles. The number of unbranched alkanes of at least 4 members (excludes halogenated alkanes) is 1. The molecule has 0 N–H and O–H groups in total. The van der Waals surface area contributed by atoms with E-state index in [-0.39, 0.29) is 5.97 Å². The highest BCUT2D eigenvalue weighted by Gasteiger charge is 2.05. The first kappa shape index (κ1) is 14.5. The maximum atomic E-state index is 10.9. The Morgan fingerprint density at radius 1 is 1.39 bits per heavy atom. The van der Waals surface area contributed by atoms with Gasteiger partial charge in [0.1, 0.15) is 6.61 Å². The monoisotopic (exact) mass is 246 g/mol. The number of rotatable bonds is 7. The normalized spacial score (nSPS) is 11.9. The van der Waals surface area contributed by atoms with E-state index >= 15 is 0 Å². The van der Waals surface area contributed by atoms with Crippen LogP contribution < -0.4 is 0 Å². The maximum Gasteiger partial charge on any atom is 0.330 e. The molecule has 0 spiro atoms. The van der Waals surface area contributed by atoms with Crippen molar-refractivity contribution < 1.29 is 9.53 Å². The predicted molar refractivity (Wildman–Crippen MR) is 74.4 cm³/mol. The third-order valence-electron chi connectivity index (χ3n) is 3.09. The van der Waals surface area contributed by atoms with Crippen molar-refractivity contribution in [3.05, 3.63) is 48.0 Å². The molecule has 2 heteroatoms. The fourth-order valence-electron chi connectivity index (χ4n) is 1.83. The summed E-state index contributed by atoms with van der Waals surface area (Å²) in [5.41, 5.74) is 2.36. The van der Waals surface area contributed by atoms with E-state index < -0.39 is 0 Å². The summed E-state index contributed by atoms with van der Waals surface area (Å²) in [6.07, 6.45) is 4.91. The van der Waals surface area contributed by atoms with E-state index in [2.05, 4.69) is 32.6 Å². The molecule has 0 aliphatic carbocycles. The van der Waals surface area contributed by atoms with Gasteiger partial charge in [0, 0.05) is 6.08 Å². The molecule has 0 heterocycles.